The first-order valence-corrected chi connectivity index (χ1v) is 11.9. The summed E-state index contributed by atoms with van der Waals surface area (Å²) < 4.78 is 49.8. The summed E-state index contributed by atoms with van der Waals surface area (Å²) in [5.74, 6) is 0.324. The molecule has 0 spiro atoms. The molecule has 200 valence electrons. The average molecular weight is 515 g/mol. The number of hydrogen-bond acceptors (Lipinski definition) is 7. The van der Waals surface area contributed by atoms with Gasteiger partial charge in [-0.2, -0.15) is 13.2 Å². The second-order valence-electron chi connectivity index (χ2n) is 8.43. The molecule has 0 saturated carbocycles. The predicted octanol–water partition coefficient (Wildman–Crippen LogP) is 3.44. The Kier molecular flexibility index (Phi) is 11.0. The number of nitrogens with zero attached hydrogens (tertiary/aromatic N) is 3. The van der Waals surface area contributed by atoms with Crippen molar-refractivity contribution in [3.05, 3.63) is 50.7 Å². The van der Waals surface area contributed by atoms with Crippen LogP contribution in [0.2, 0.25) is 0 Å². The molecule has 1 aromatic heterocycles. The number of aromatic nitrogens is 3. The molecule has 9 nitrogen and oxygen atoms in total. The number of esters is 1. The van der Waals surface area contributed by atoms with Gasteiger partial charge >= 0.3 is 17.8 Å². The molecule has 2 aromatic rings. The van der Waals surface area contributed by atoms with E-state index in [9.17, 15) is 27.6 Å². The molecule has 0 radical (unpaired) electrons. The summed E-state index contributed by atoms with van der Waals surface area (Å²) in [7, 11) is 1.27. The van der Waals surface area contributed by atoms with E-state index in [0.29, 0.717) is 25.1 Å². The summed E-state index contributed by atoms with van der Waals surface area (Å²) in [6, 6.07) is 7.59. The standard InChI is InChI=1S/C24H33F3N4O5/c1-4-20(32)35-16-17(2)36-19-11-7-10-18(15-19)9-5-6-13-28-21-22(33)30(3)23(34)31(29-21)14-8-12-24(25,26)27/h7,10-11,15,17H,4-6,8-9,12-14,16H2,1-3H3,(H,28,29). The van der Waals surface area contributed by atoms with Gasteiger partial charge < -0.3 is 14.8 Å². The summed E-state index contributed by atoms with van der Waals surface area (Å²) in [6.45, 7) is 3.88. The van der Waals surface area contributed by atoms with Crippen molar-refractivity contribution in [1.29, 1.82) is 0 Å². The maximum atomic E-state index is 12.4. The summed E-state index contributed by atoms with van der Waals surface area (Å²) in [5.41, 5.74) is -0.333. The van der Waals surface area contributed by atoms with Gasteiger partial charge in [0.15, 0.2) is 0 Å². The summed E-state index contributed by atoms with van der Waals surface area (Å²) in [5, 5.41) is 6.81. The molecular formula is C24H33F3N4O5. The highest BCUT2D eigenvalue weighted by Crippen LogP contribution is 2.21. The smallest absolute Gasteiger partial charge is 0.389 e. The van der Waals surface area contributed by atoms with Crippen LogP contribution in [0.25, 0.3) is 0 Å². The van der Waals surface area contributed by atoms with Gasteiger partial charge in [0.2, 0.25) is 5.82 Å². The summed E-state index contributed by atoms with van der Waals surface area (Å²) in [4.78, 5) is 35.7. The van der Waals surface area contributed by atoms with Crippen molar-refractivity contribution in [2.45, 2.75) is 71.2 Å². The fourth-order valence-corrected chi connectivity index (χ4v) is 3.32. The molecule has 0 saturated heterocycles. The Balaban J connectivity index is 1.83. The van der Waals surface area contributed by atoms with Crippen molar-refractivity contribution in [3.8, 4) is 5.75 Å². The molecule has 0 fully saturated rings. The maximum absolute atomic E-state index is 12.4. The van der Waals surface area contributed by atoms with E-state index in [1.807, 2.05) is 31.2 Å². The monoisotopic (exact) mass is 514 g/mol. The molecule has 1 N–H and O–H groups in total. The van der Waals surface area contributed by atoms with E-state index in [0.717, 1.165) is 27.7 Å². The van der Waals surface area contributed by atoms with Crippen molar-refractivity contribution >= 4 is 11.8 Å². The van der Waals surface area contributed by atoms with Crippen LogP contribution in [0.3, 0.4) is 0 Å². The molecule has 2 rings (SSSR count). The fraction of sp³-hybridized carbons (Fsp3) is 0.583. The number of carbonyl (C=O) groups excluding carboxylic acids is 1. The first kappa shape index (κ1) is 28.9. The second-order valence-corrected chi connectivity index (χ2v) is 8.43. The number of alkyl halides is 3. The number of carbonyl (C=O) groups is 1. The van der Waals surface area contributed by atoms with Crippen LogP contribution in [0.1, 0.15) is 51.5 Å². The summed E-state index contributed by atoms with van der Waals surface area (Å²) in [6.07, 6.45) is -3.42. The van der Waals surface area contributed by atoms with Crippen molar-refractivity contribution < 1.29 is 27.4 Å². The van der Waals surface area contributed by atoms with E-state index in [1.54, 1.807) is 6.92 Å². The van der Waals surface area contributed by atoms with Crippen LogP contribution < -0.4 is 21.3 Å². The molecule has 36 heavy (non-hydrogen) atoms. The third kappa shape index (κ3) is 9.74. The largest absolute Gasteiger partial charge is 0.487 e. The molecular weight excluding hydrogens is 481 g/mol. The first-order valence-electron chi connectivity index (χ1n) is 11.9. The third-order valence-corrected chi connectivity index (χ3v) is 5.25. The molecule has 1 heterocycles. The van der Waals surface area contributed by atoms with Gasteiger partial charge in [-0.15, -0.1) is 5.10 Å². The predicted molar refractivity (Wildman–Crippen MR) is 128 cm³/mol. The molecule has 0 aliphatic carbocycles. The molecule has 0 amide bonds. The van der Waals surface area contributed by atoms with Crippen LogP contribution in [0.4, 0.5) is 19.0 Å². The van der Waals surface area contributed by atoms with E-state index >= 15 is 0 Å². The van der Waals surface area contributed by atoms with Gasteiger partial charge in [-0.1, -0.05) is 19.1 Å². The molecule has 0 bridgehead atoms. The zero-order valence-electron chi connectivity index (χ0n) is 20.8. The highest BCUT2D eigenvalue weighted by atomic mass is 19.4. The Morgan fingerprint density at radius 1 is 1.19 bits per heavy atom. The minimum Gasteiger partial charge on any atom is -0.487 e. The lowest BCUT2D eigenvalue weighted by Gasteiger charge is -2.15. The summed E-state index contributed by atoms with van der Waals surface area (Å²) >= 11 is 0. The number of aryl methyl sites for hydroxylation is 2. The Bertz CT molecular complexity index is 1110. The number of anilines is 1. The van der Waals surface area contributed by atoms with Crippen LogP contribution in [0.15, 0.2) is 33.9 Å². The number of halogens is 3. The number of unbranched alkanes of at least 4 members (excludes halogenated alkanes) is 1. The number of rotatable bonds is 14. The van der Waals surface area contributed by atoms with E-state index in [4.69, 9.17) is 9.47 Å². The molecule has 1 aromatic carbocycles. The van der Waals surface area contributed by atoms with Crippen molar-refractivity contribution in [1.82, 2.24) is 14.3 Å². The SMILES string of the molecule is CCC(=O)OCC(C)Oc1cccc(CCCCNc2nn(CCCC(F)(F)F)c(=O)n(C)c2=O)c1. The van der Waals surface area contributed by atoms with Crippen molar-refractivity contribution in [3.63, 3.8) is 0 Å². The van der Waals surface area contributed by atoms with E-state index in [1.165, 1.54) is 7.05 Å². The topological polar surface area (TPSA) is 104 Å². The van der Waals surface area contributed by atoms with Crippen molar-refractivity contribution in [2.24, 2.45) is 7.05 Å². The molecule has 1 unspecified atom stereocenters. The van der Waals surface area contributed by atoms with Gasteiger partial charge in [0, 0.05) is 33.0 Å². The second kappa shape index (κ2) is 13.7. The van der Waals surface area contributed by atoms with Crippen LogP contribution in [0, 0.1) is 0 Å². The fourth-order valence-electron chi connectivity index (χ4n) is 3.32. The Hall–Kier alpha value is -3.31. The van der Waals surface area contributed by atoms with Crippen LogP contribution in [-0.2, 0) is 29.5 Å². The van der Waals surface area contributed by atoms with Crippen molar-refractivity contribution in [2.75, 3.05) is 18.5 Å². The van der Waals surface area contributed by atoms with E-state index < -0.39 is 23.8 Å². The number of hydrogen-bond donors (Lipinski definition) is 1. The highest BCUT2D eigenvalue weighted by molar-refractivity contribution is 5.68. The zero-order chi connectivity index (χ0) is 26.7. The molecule has 12 heteroatoms. The quantitative estimate of drug-likeness (QED) is 0.304. The normalized spacial score (nSPS) is 12.3. The van der Waals surface area contributed by atoms with Crippen LogP contribution in [0.5, 0.6) is 5.75 Å². The number of nitrogens with one attached hydrogen (secondary N) is 1. The minimum absolute atomic E-state index is 0.0720. The molecule has 0 aliphatic rings. The van der Waals surface area contributed by atoms with Gasteiger partial charge in [-0.25, -0.2) is 9.48 Å². The lowest BCUT2D eigenvalue weighted by atomic mass is 10.1. The van der Waals surface area contributed by atoms with E-state index in [-0.39, 0.29) is 37.5 Å². The van der Waals surface area contributed by atoms with Crippen LogP contribution >= 0.6 is 0 Å². The third-order valence-electron chi connectivity index (χ3n) is 5.25. The van der Waals surface area contributed by atoms with E-state index in [2.05, 4.69) is 10.4 Å². The number of ether oxygens (including phenoxy) is 2. The lowest BCUT2D eigenvalue weighted by Crippen LogP contribution is -2.41. The maximum Gasteiger partial charge on any atom is 0.389 e. The van der Waals surface area contributed by atoms with Gasteiger partial charge in [0.05, 0.1) is 0 Å². The Morgan fingerprint density at radius 3 is 2.64 bits per heavy atom. The van der Waals surface area contributed by atoms with Gasteiger partial charge in [-0.3, -0.25) is 14.2 Å². The lowest BCUT2D eigenvalue weighted by molar-refractivity contribution is -0.145. The number of benzene rings is 1. The average Bonchev–Trinajstić information content (AvgIpc) is 2.82. The highest BCUT2D eigenvalue weighted by Gasteiger charge is 2.26. The Labute approximate surface area is 207 Å². The van der Waals surface area contributed by atoms with Crippen LogP contribution in [-0.4, -0.2) is 45.7 Å². The van der Waals surface area contributed by atoms with Gasteiger partial charge in [-0.05, 0) is 50.3 Å². The minimum atomic E-state index is -4.32. The van der Waals surface area contributed by atoms with Gasteiger partial charge in [0.1, 0.15) is 18.5 Å². The first-order chi connectivity index (χ1) is 17.0. The zero-order valence-corrected chi connectivity index (χ0v) is 20.8. The Morgan fingerprint density at radius 2 is 1.94 bits per heavy atom. The van der Waals surface area contributed by atoms with Gasteiger partial charge in [0.25, 0.3) is 5.56 Å². The molecule has 0 aliphatic heterocycles. The molecule has 1 atom stereocenters.